The maximum Gasteiger partial charge on any atom is 0.0804 e. The number of aliphatic hydroxyl groups is 2. The SMILES string of the molecule is OCC1Nc2ccccc2CC1O. The molecular formula is C10H13NO2. The Bertz CT molecular complexity index is 301. The van der Waals surface area contributed by atoms with E-state index in [2.05, 4.69) is 5.32 Å². The molecule has 1 aliphatic heterocycles. The molecule has 0 saturated carbocycles. The fraction of sp³-hybridized carbons (Fsp3) is 0.400. The maximum atomic E-state index is 9.59. The number of benzene rings is 1. The van der Waals surface area contributed by atoms with Crippen molar-refractivity contribution in [2.24, 2.45) is 0 Å². The van der Waals surface area contributed by atoms with Gasteiger partial charge in [-0.3, -0.25) is 0 Å². The van der Waals surface area contributed by atoms with Gasteiger partial charge in [-0.25, -0.2) is 0 Å². The van der Waals surface area contributed by atoms with Crippen molar-refractivity contribution in [2.45, 2.75) is 18.6 Å². The predicted octanol–water partition coefficient (Wildman–Crippen LogP) is 0.376. The molecule has 0 amide bonds. The molecule has 13 heavy (non-hydrogen) atoms. The number of hydrogen-bond donors (Lipinski definition) is 3. The first kappa shape index (κ1) is 8.53. The number of hydrogen-bond acceptors (Lipinski definition) is 3. The van der Waals surface area contributed by atoms with Crippen LogP contribution in [0.3, 0.4) is 0 Å². The Morgan fingerprint density at radius 3 is 2.92 bits per heavy atom. The van der Waals surface area contributed by atoms with Crippen molar-refractivity contribution in [3.63, 3.8) is 0 Å². The van der Waals surface area contributed by atoms with Gasteiger partial charge in [0, 0.05) is 12.1 Å². The van der Waals surface area contributed by atoms with Crippen molar-refractivity contribution in [3.8, 4) is 0 Å². The lowest BCUT2D eigenvalue weighted by Gasteiger charge is -2.30. The summed E-state index contributed by atoms with van der Waals surface area (Å²) in [7, 11) is 0. The summed E-state index contributed by atoms with van der Waals surface area (Å²) >= 11 is 0. The van der Waals surface area contributed by atoms with E-state index in [9.17, 15) is 5.11 Å². The molecule has 0 aromatic heterocycles. The first-order valence-electron chi connectivity index (χ1n) is 4.44. The van der Waals surface area contributed by atoms with Crippen LogP contribution in [0.5, 0.6) is 0 Å². The monoisotopic (exact) mass is 179 g/mol. The molecular weight excluding hydrogens is 166 g/mol. The van der Waals surface area contributed by atoms with Gasteiger partial charge in [-0.15, -0.1) is 0 Å². The zero-order valence-corrected chi connectivity index (χ0v) is 7.27. The number of aliphatic hydroxyl groups excluding tert-OH is 2. The van der Waals surface area contributed by atoms with Gasteiger partial charge in [0.25, 0.3) is 0 Å². The minimum absolute atomic E-state index is 0.0322. The normalized spacial score (nSPS) is 26.3. The van der Waals surface area contributed by atoms with E-state index in [1.807, 2.05) is 24.3 Å². The zero-order chi connectivity index (χ0) is 9.26. The van der Waals surface area contributed by atoms with E-state index in [0.717, 1.165) is 11.3 Å². The second-order valence-corrected chi connectivity index (χ2v) is 3.36. The third-order valence-electron chi connectivity index (χ3n) is 2.45. The molecule has 3 N–H and O–H groups in total. The molecule has 0 bridgehead atoms. The molecule has 2 atom stereocenters. The van der Waals surface area contributed by atoms with Crippen LogP contribution < -0.4 is 5.32 Å². The fourth-order valence-electron chi connectivity index (χ4n) is 1.67. The van der Waals surface area contributed by atoms with E-state index in [4.69, 9.17) is 5.11 Å². The first-order valence-corrected chi connectivity index (χ1v) is 4.44. The molecule has 3 heteroatoms. The Hall–Kier alpha value is -1.06. The van der Waals surface area contributed by atoms with E-state index < -0.39 is 6.10 Å². The molecule has 1 heterocycles. The smallest absolute Gasteiger partial charge is 0.0804 e. The van der Waals surface area contributed by atoms with Crippen molar-refractivity contribution in [1.29, 1.82) is 0 Å². The second kappa shape index (κ2) is 3.36. The molecule has 0 radical (unpaired) electrons. The van der Waals surface area contributed by atoms with E-state index in [1.54, 1.807) is 0 Å². The van der Waals surface area contributed by atoms with Crippen molar-refractivity contribution < 1.29 is 10.2 Å². The Balaban J connectivity index is 2.27. The number of rotatable bonds is 1. The molecule has 70 valence electrons. The summed E-state index contributed by atoms with van der Waals surface area (Å²) in [5.41, 5.74) is 2.13. The highest BCUT2D eigenvalue weighted by atomic mass is 16.3. The van der Waals surface area contributed by atoms with Gasteiger partial charge in [0.1, 0.15) is 0 Å². The van der Waals surface area contributed by atoms with Crippen LogP contribution in [0.4, 0.5) is 5.69 Å². The topological polar surface area (TPSA) is 52.5 Å². The molecule has 0 aliphatic carbocycles. The number of fused-ring (bicyclic) bond motifs is 1. The molecule has 1 aliphatic rings. The third-order valence-corrected chi connectivity index (χ3v) is 2.45. The first-order chi connectivity index (χ1) is 6.31. The van der Waals surface area contributed by atoms with Crippen LogP contribution in [0.15, 0.2) is 24.3 Å². The molecule has 2 rings (SSSR count). The Kier molecular flexibility index (Phi) is 2.20. The highest BCUT2D eigenvalue weighted by Gasteiger charge is 2.24. The van der Waals surface area contributed by atoms with Gasteiger partial charge in [-0.05, 0) is 11.6 Å². The molecule has 3 nitrogen and oxygen atoms in total. The van der Waals surface area contributed by atoms with Crippen molar-refractivity contribution in [1.82, 2.24) is 0 Å². The van der Waals surface area contributed by atoms with Gasteiger partial charge >= 0.3 is 0 Å². The van der Waals surface area contributed by atoms with E-state index in [1.165, 1.54) is 0 Å². The van der Waals surface area contributed by atoms with Crippen LogP contribution in [0.25, 0.3) is 0 Å². The maximum absolute atomic E-state index is 9.59. The van der Waals surface area contributed by atoms with Crippen LogP contribution in [0.1, 0.15) is 5.56 Å². The lowest BCUT2D eigenvalue weighted by Crippen LogP contribution is -2.41. The van der Waals surface area contributed by atoms with Crippen molar-refractivity contribution in [2.75, 3.05) is 11.9 Å². The number of para-hydroxylation sites is 1. The predicted molar refractivity (Wildman–Crippen MR) is 50.6 cm³/mol. The van der Waals surface area contributed by atoms with Gasteiger partial charge < -0.3 is 15.5 Å². The Labute approximate surface area is 77.0 Å². The number of nitrogens with one attached hydrogen (secondary N) is 1. The molecule has 1 aromatic rings. The van der Waals surface area contributed by atoms with Crippen LogP contribution in [-0.2, 0) is 6.42 Å². The molecule has 2 unspecified atom stereocenters. The van der Waals surface area contributed by atoms with Crippen LogP contribution >= 0.6 is 0 Å². The summed E-state index contributed by atoms with van der Waals surface area (Å²) in [4.78, 5) is 0. The Morgan fingerprint density at radius 1 is 1.38 bits per heavy atom. The molecule has 0 saturated heterocycles. The molecule has 0 spiro atoms. The summed E-state index contributed by atoms with van der Waals surface area (Å²) < 4.78 is 0. The standard InChI is InChI=1S/C10H13NO2/c12-6-9-10(13)5-7-3-1-2-4-8(7)11-9/h1-4,9-13H,5-6H2. The van der Waals surface area contributed by atoms with Gasteiger partial charge in [-0.1, -0.05) is 18.2 Å². The highest BCUT2D eigenvalue weighted by molar-refractivity contribution is 5.54. The minimum atomic E-state index is -0.486. The summed E-state index contributed by atoms with van der Waals surface area (Å²) in [5, 5.41) is 21.7. The van der Waals surface area contributed by atoms with E-state index in [-0.39, 0.29) is 12.6 Å². The Morgan fingerprint density at radius 2 is 2.15 bits per heavy atom. The van der Waals surface area contributed by atoms with Crippen LogP contribution in [0.2, 0.25) is 0 Å². The quantitative estimate of drug-likeness (QED) is 0.584. The summed E-state index contributed by atoms with van der Waals surface area (Å²) in [6.07, 6.45) is 0.133. The van der Waals surface area contributed by atoms with Crippen LogP contribution in [-0.4, -0.2) is 29.0 Å². The van der Waals surface area contributed by atoms with E-state index in [0.29, 0.717) is 6.42 Å². The van der Waals surface area contributed by atoms with E-state index >= 15 is 0 Å². The number of anilines is 1. The van der Waals surface area contributed by atoms with Crippen molar-refractivity contribution >= 4 is 5.69 Å². The lowest BCUT2D eigenvalue weighted by atomic mass is 9.96. The lowest BCUT2D eigenvalue weighted by molar-refractivity contribution is 0.114. The average Bonchev–Trinajstić information content (AvgIpc) is 2.17. The van der Waals surface area contributed by atoms with Gasteiger partial charge in [0.15, 0.2) is 0 Å². The fourth-order valence-corrected chi connectivity index (χ4v) is 1.67. The van der Waals surface area contributed by atoms with Crippen molar-refractivity contribution in [3.05, 3.63) is 29.8 Å². The molecule has 0 fully saturated rings. The zero-order valence-electron chi connectivity index (χ0n) is 7.27. The summed E-state index contributed by atoms with van der Waals surface area (Å²) in [6, 6.07) is 7.61. The summed E-state index contributed by atoms with van der Waals surface area (Å²) in [6.45, 7) is -0.0322. The van der Waals surface area contributed by atoms with Crippen LogP contribution in [0, 0.1) is 0 Å². The minimum Gasteiger partial charge on any atom is -0.394 e. The average molecular weight is 179 g/mol. The molecule has 1 aromatic carbocycles. The second-order valence-electron chi connectivity index (χ2n) is 3.36. The highest BCUT2D eigenvalue weighted by Crippen LogP contribution is 2.24. The van der Waals surface area contributed by atoms with Gasteiger partial charge in [0.2, 0.25) is 0 Å². The van der Waals surface area contributed by atoms with Gasteiger partial charge in [-0.2, -0.15) is 0 Å². The van der Waals surface area contributed by atoms with Gasteiger partial charge in [0.05, 0.1) is 18.8 Å². The third kappa shape index (κ3) is 1.53. The summed E-state index contributed by atoms with van der Waals surface area (Å²) in [5.74, 6) is 0. The largest absolute Gasteiger partial charge is 0.394 e.